The van der Waals surface area contributed by atoms with Gasteiger partial charge in [-0.25, -0.2) is 9.59 Å². The minimum Gasteiger partial charge on any atom is -0.452 e. The van der Waals surface area contributed by atoms with E-state index < -0.39 is 11.9 Å². The fourth-order valence-corrected chi connectivity index (χ4v) is 3.35. The van der Waals surface area contributed by atoms with Crippen LogP contribution in [0, 0.1) is 11.8 Å². The number of carbonyl (C=O) groups is 4. The van der Waals surface area contributed by atoms with Crippen LogP contribution in [0.2, 0.25) is 0 Å². The first-order valence-corrected chi connectivity index (χ1v) is 10.3. The molecule has 0 aromatic heterocycles. The van der Waals surface area contributed by atoms with E-state index >= 15 is 0 Å². The molecule has 0 spiro atoms. The van der Waals surface area contributed by atoms with Crippen molar-refractivity contribution in [2.24, 2.45) is 11.8 Å². The maximum Gasteiger partial charge on any atom is 0.334 e. The third-order valence-corrected chi connectivity index (χ3v) is 5.59. The number of nitrogens with zero attached hydrogens (tertiary/aromatic N) is 2. The van der Waals surface area contributed by atoms with Crippen LogP contribution in [0.15, 0.2) is 11.6 Å². The summed E-state index contributed by atoms with van der Waals surface area (Å²) < 4.78 is 9.94. The van der Waals surface area contributed by atoms with Crippen LogP contribution in [0.25, 0.3) is 0 Å². The van der Waals surface area contributed by atoms with Crippen molar-refractivity contribution in [3.8, 4) is 0 Å². The highest BCUT2D eigenvalue weighted by atomic mass is 16.5. The van der Waals surface area contributed by atoms with Crippen LogP contribution in [0.1, 0.15) is 46.5 Å². The van der Waals surface area contributed by atoms with E-state index in [0.29, 0.717) is 38.0 Å². The fourth-order valence-electron chi connectivity index (χ4n) is 3.35. The predicted molar refractivity (Wildman–Crippen MR) is 106 cm³/mol. The normalized spacial score (nSPS) is 19.1. The zero-order valence-electron chi connectivity index (χ0n) is 17.6. The molecule has 2 saturated heterocycles. The van der Waals surface area contributed by atoms with Crippen molar-refractivity contribution in [1.29, 1.82) is 0 Å². The van der Waals surface area contributed by atoms with Crippen LogP contribution in [0.3, 0.4) is 0 Å². The molecule has 2 amide bonds. The topological polar surface area (TPSA) is 93.2 Å². The van der Waals surface area contributed by atoms with Gasteiger partial charge in [-0.2, -0.15) is 0 Å². The smallest absolute Gasteiger partial charge is 0.334 e. The second kappa shape index (κ2) is 11.0. The van der Waals surface area contributed by atoms with E-state index in [9.17, 15) is 19.2 Å². The number of esters is 2. The van der Waals surface area contributed by atoms with E-state index in [-0.39, 0.29) is 30.6 Å². The van der Waals surface area contributed by atoms with Gasteiger partial charge in [0.2, 0.25) is 0 Å². The minimum absolute atomic E-state index is 0.0225. The lowest BCUT2D eigenvalue weighted by molar-refractivity contribution is -0.150. The van der Waals surface area contributed by atoms with Crippen LogP contribution in [-0.4, -0.2) is 72.9 Å². The molecule has 0 radical (unpaired) electrons. The SMILES string of the molecule is C/C(=C\C(=O)OCC(=O)N1CCC(C)CC1)C(=O)OCC(=O)N1CCC(C)CC1. The summed E-state index contributed by atoms with van der Waals surface area (Å²) in [5, 5.41) is 0. The van der Waals surface area contributed by atoms with Crippen molar-refractivity contribution < 1.29 is 28.7 Å². The van der Waals surface area contributed by atoms with Gasteiger partial charge in [-0.05, 0) is 44.4 Å². The number of rotatable bonds is 6. The van der Waals surface area contributed by atoms with Gasteiger partial charge in [0.1, 0.15) is 0 Å². The first-order chi connectivity index (χ1) is 13.8. The maximum absolute atomic E-state index is 12.1. The average molecular weight is 408 g/mol. The predicted octanol–water partition coefficient (Wildman–Crippen LogP) is 1.54. The van der Waals surface area contributed by atoms with Gasteiger partial charge in [-0.3, -0.25) is 9.59 Å². The Hall–Kier alpha value is -2.38. The molecule has 0 aromatic rings. The zero-order chi connectivity index (χ0) is 21.4. The van der Waals surface area contributed by atoms with Gasteiger partial charge in [-0.15, -0.1) is 0 Å². The molecular formula is C21H32N2O6. The molecule has 2 rings (SSSR count). The molecule has 0 aliphatic carbocycles. The monoisotopic (exact) mass is 408 g/mol. The second-order valence-electron chi connectivity index (χ2n) is 8.14. The summed E-state index contributed by atoms with van der Waals surface area (Å²) in [6, 6.07) is 0. The molecule has 8 heteroatoms. The van der Waals surface area contributed by atoms with Gasteiger partial charge >= 0.3 is 11.9 Å². The Morgan fingerprint density at radius 3 is 1.66 bits per heavy atom. The Morgan fingerprint density at radius 2 is 1.21 bits per heavy atom. The summed E-state index contributed by atoms with van der Waals surface area (Å²) in [5.41, 5.74) is 0.0225. The van der Waals surface area contributed by atoms with Gasteiger partial charge in [0.15, 0.2) is 13.2 Å². The molecule has 0 bridgehead atoms. The Balaban J connectivity index is 1.70. The van der Waals surface area contributed by atoms with Crippen molar-refractivity contribution in [3.05, 3.63) is 11.6 Å². The van der Waals surface area contributed by atoms with E-state index in [1.807, 2.05) is 0 Å². The summed E-state index contributed by atoms with van der Waals surface area (Å²) in [6.45, 7) is 7.68. The molecule has 0 saturated carbocycles. The Kier molecular flexibility index (Phi) is 8.67. The number of hydrogen-bond donors (Lipinski definition) is 0. The number of carbonyl (C=O) groups excluding carboxylic acids is 4. The number of amides is 2. The Morgan fingerprint density at radius 1 is 0.793 bits per heavy atom. The van der Waals surface area contributed by atoms with Crippen LogP contribution >= 0.6 is 0 Å². The number of hydrogen-bond acceptors (Lipinski definition) is 6. The zero-order valence-corrected chi connectivity index (χ0v) is 17.6. The second-order valence-corrected chi connectivity index (χ2v) is 8.14. The van der Waals surface area contributed by atoms with Gasteiger partial charge in [-0.1, -0.05) is 13.8 Å². The van der Waals surface area contributed by atoms with Gasteiger partial charge in [0, 0.05) is 37.8 Å². The number of piperidine rings is 2. The van der Waals surface area contributed by atoms with E-state index in [1.165, 1.54) is 6.92 Å². The van der Waals surface area contributed by atoms with E-state index in [1.54, 1.807) is 9.80 Å². The molecule has 0 aromatic carbocycles. The highest BCUT2D eigenvalue weighted by Gasteiger charge is 2.23. The highest BCUT2D eigenvalue weighted by molar-refractivity contribution is 5.97. The molecule has 2 aliphatic rings. The summed E-state index contributed by atoms with van der Waals surface area (Å²) in [5.74, 6) is -0.805. The standard InChI is InChI=1S/C21H32N2O6/c1-15-4-8-22(9-5-15)18(24)13-28-20(26)12-17(3)21(27)29-14-19(25)23-10-6-16(2)7-11-23/h12,15-16H,4-11,13-14H2,1-3H3/b17-12+. The summed E-state index contributed by atoms with van der Waals surface area (Å²) in [6.07, 6.45) is 4.76. The summed E-state index contributed by atoms with van der Waals surface area (Å²) in [7, 11) is 0. The van der Waals surface area contributed by atoms with Gasteiger partial charge in [0.05, 0.1) is 0 Å². The number of ether oxygens (including phenoxy) is 2. The third kappa shape index (κ3) is 7.51. The van der Waals surface area contributed by atoms with E-state index in [4.69, 9.17) is 9.47 Å². The van der Waals surface area contributed by atoms with Gasteiger partial charge in [0.25, 0.3) is 11.8 Å². The summed E-state index contributed by atoms with van der Waals surface area (Å²) in [4.78, 5) is 51.4. The molecule has 29 heavy (non-hydrogen) atoms. The van der Waals surface area contributed by atoms with Crippen molar-refractivity contribution in [2.75, 3.05) is 39.4 Å². The lowest BCUT2D eigenvalue weighted by atomic mass is 9.99. The lowest BCUT2D eigenvalue weighted by Gasteiger charge is -2.30. The molecule has 0 atom stereocenters. The lowest BCUT2D eigenvalue weighted by Crippen LogP contribution is -2.40. The number of likely N-dealkylation sites (tertiary alicyclic amines) is 2. The fraction of sp³-hybridized carbons (Fsp3) is 0.714. The summed E-state index contributed by atoms with van der Waals surface area (Å²) >= 11 is 0. The molecule has 2 aliphatic heterocycles. The Bertz CT molecular complexity index is 644. The van der Waals surface area contributed by atoms with Crippen molar-refractivity contribution in [1.82, 2.24) is 9.80 Å². The molecule has 2 heterocycles. The quantitative estimate of drug-likeness (QED) is 0.489. The van der Waals surface area contributed by atoms with Crippen molar-refractivity contribution >= 4 is 23.8 Å². The van der Waals surface area contributed by atoms with Crippen LogP contribution in [0.4, 0.5) is 0 Å². The first-order valence-electron chi connectivity index (χ1n) is 10.3. The van der Waals surface area contributed by atoms with E-state index in [2.05, 4.69) is 13.8 Å². The van der Waals surface area contributed by atoms with Crippen LogP contribution < -0.4 is 0 Å². The Labute approximate surface area is 172 Å². The van der Waals surface area contributed by atoms with E-state index in [0.717, 1.165) is 31.8 Å². The molecular weight excluding hydrogens is 376 g/mol. The molecule has 2 fully saturated rings. The molecule has 0 N–H and O–H groups in total. The van der Waals surface area contributed by atoms with Crippen molar-refractivity contribution in [2.45, 2.75) is 46.5 Å². The largest absolute Gasteiger partial charge is 0.452 e. The third-order valence-electron chi connectivity index (χ3n) is 5.59. The average Bonchev–Trinajstić information content (AvgIpc) is 2.71. The molecule has 8 nitrogen and oxygen atoms in total. The minimum atomic E-state index is -0.783. The van der Waals surface area contributed by atoms with Crippen molar-refractivity contribution in [3.63, 3.8) is 0 Å². The first kappa shape index (κ1) is 22.9. The van der Waals surface area contributed by atoms with Crippen LogP contribution in [-0.2, 0) is 28.7 Å². The maximum atomic E-state index is 12.1. The molecule has 0 unspecified atom stereocenters. The van der Waals surface area contributed by atoms with Crippen LogP contribution in [0.5, 0.6) is 0 Å². The molecule has 162 valence electrons. The van der Waals surface area contributed by atoms with Gasteiger partial charge < -0.3 is 19.3 Å². The highest BCUT2D eigenvalue weighted by Crippen LogP contribution is 2.17.